The van der Waals surface area contributed by atoms with Gasteiger partial charge in [0.15, 0.2) is 5.65 Å². The van der Waals surface area contributed by atoms with Gasteiger partial charge in [0.05, 0.1) is 6.54 Å². The van der Waals surface area contributed by atoms with Gasteiger partial charge in [0.2, 0.25) is 0 Å². The molecule has 5 aromatic rings. The molecule has 0 atom stereocenters. The highest BCUT2D eigenvalue weighted by atomic mass is 19.4. The molecule has 2 aromatic heterocycles. The fourth-order valence-electron chi connectivity index (χ4n) is 5.18. The van der Waals surface area contributed by atoms with Crippen molar-refractivity contribution in [3.8, 4) is 0 Å². The van der Waals surface area contributed by atoms with Crippen LogP contribution in [-0.2, 0) is 30.7 Å². The molecule has 1 fully saturated rings. The number of carbonyl (C=O) groups excluding carboxylic acids is 1. The van der Waals surface area contributed by atoms with Crippen molar-refractivity contribution in [2.24, 2.45) is 5.92 Å². The lowest BCUT2D eigenvalue weighted by Crippen LogP contribution is -2.40. The number of fused-ring (bicyclic) bond motifs is 1. The molecule has 3 aromatic carbocycles. The van der Waals surface area contributed by atoms with Crippen LogP contribution in [0, 0.1) is 11.7 Å². The maximum absolute atomic E-state index is 14.4. The van der Waals surface area contributed by atoms with Crippen molar-refractivity contribution < 1.29 is 32.3 Å². The molecule has 2 heterocycles. The van der Waals surface area contributed by atoms with Crippen molar-refractivity contribution in [1.29, 1.82) is 0 Å². The Balaban J connectivity index is 0.000000606. The number of halogens is 4. The number of aromatic amines is 1. The maximum atomic E-state index is 14.4. The van der Waals surface area contributed by atoms with Gasteiger partial charge in [0.25, 0.3) is 11.5 Å². The summed E-state index contributed by atoms with van der Waals surface area (Å²) in [6.07, 6.45) is -1.73. The summed E-state index contributed by atoms with van der Waals surface area (Å²) in [6, 6.07) is 21.4. The van der Waals surface area contributed by atoms with Crippen LogP contribution in [0.1, 0.15) is 52.6 Å². The number of aryl methyl sites for hydroxylation is 1. The standard InChI is InChI=1S/C33H32FN5O3.C2HF3O2/c1-3-21-10-14-24(15-11-21)31(40)37(2)26-16-12-22(13-17-26)18-28-35-29-30(36-28)38(19-23-8-9-23)33(42)39(32(29)41)20-25-6-4-5-7-27(25)34;3-2(4,5)1(6)7/h4-7,10-17,23H,3,8-9,18-20H2,1-2H3,(H,35,36);(H,6,7). The highest BCUT2D eigenvalue weighted by Gasteiger charge is 2.38. The number of carboxylic acid groups (broad SMARTS) is 1. The zero-order chi connectivity index (χ0) is 35.5. The summed E-state index contributed by atoms with van der Waals surface area (Å²) >= 11 is 0. The Kier molecular flexibility index (Phi) is 10.2. The van der Waals surface area contributed by atoms with E-state index in [1.165, 1.54) is 11.6 Å². The van der Waals surface area contributed by atoms with E-state index in [2.05, 4.69) is 16.9 Å². The van der Waals surface area contributed by atoms with Crippen LogP contribution in [0.2, 0.25) is 0 Å². The third-order valence-electron chi connectivity index (χ3n) is 8.19. The van der Waals surface area contributed by atoms with Crippen LogP contribution in [0.3, 0.4) is 0 Å². The van der Waals surface area contributed by atoms with Crippen molar-refractivity contribution in [2.45, 2.75) is 51.9 Å². The summed E-state index contributed by atoms with van der Waals surface area (Å²) in [4.78, 5) is 58.2. The maximum Gasteiger partial charge on any atom is 0.490 e. The molecular formula is C35H33F4N5O5. The summed E-state index contributed by atoms with van der Waals surface area (Å²) in [5.41, 5.74) is 3.31. The predicted molar refractivity (Wildman–Crippen MR) is 174 cm³/mol. The van der Waals surface area contributed by atoms with Gasteiger partial charge >= 0.3 is 17.8 Å². The molecule has 0 saturated heterocycles. The second-order valence-electron chi connectivity index (χ2n) is 11.8. The van der Waals surface area contributed by atoms with Crippen molar-refractivity contribution in [1.82, 2.24) is 19.1 Å². The van der Waals surface area contributed by atoms with E-state index in [-0.39, 0.29) is 23.5 Å². The average Bonchev–Trinajstić information content (AvgIpc) is 3.81. The summed E-state index contributed by atoms with van der Waals surface area (Å²) in [5, 5.41) is 7.12. The number of amides is 1. The van der Waals surface area contributed by atoms with Gasteiger partial charge in [0, 0.05) is 36.8 Å². The Hall–Kier alpha value is -5.53. The van der Waals surface area contributed by atoms with E-state index < -0.39 is 29.2 Å². The van der Waals surface area contributed by atoms with Crippen LogP contribution in [0.25, 0.3) is 11.2 Å². The lowest BCUT2D eigenvalue weighted by atomic mass is 10.1. The van der Waals surface area contributed by atoms with E-state index in [0.29, 0.717) is 35.9 Å². The van der Waals surface area contributed by atoms with Crippen molar-refractivity contribution in [2.75, 3.05) is 11.9 Å². The van der Waals surface area contributed by atoms with Crippen molar-refractivity contribution in [3.63, 3.8) is 0 Å². The van der Waals surface area contributed by atoms with Crippen LogP contribution in [0.4, 0.5) is 23.2 Å². The molecule has 2 N–H and O–H groups in total. The number of imidazole rings is 1. The quantitative estimate of drug-likeness (QED) is 0.197. The molecular weight excluding hydrogens is 646 g/mol. The van der Waals surface area contributed by atoms with Gasteiger partial charge in [-0.1, -0.05) is 49.4 Å². The summed E-state index contributed by atoms with van der Waals surface area (Å²) < 4.78 is 48.8. The topological polar surface area (TPSA) is 130 Å². The first kappa shape index (κ1) is 34.8. The molecule has 10 nitrogen and oxygen atoms in total. The number of nitrogens with zero attached hydrogens (tertiary/aromatic N) is 4. The number of nitrogens with one attached hydrogen (secondary N) is 1. The summed E-state index contributed by atoms with van der Waals surface area (Å²) in [5.74, 6) is -2.41. The van der Waals surface area contributed by atoms with E-state index in [4.69, 9.17) is 9.90 Å². The largest absolute Gasteiger partial charge is 0.490 e. The molecule has 0 spiro atoms. The Morgan fingerprint density at radius 3 is 2.14 bits per heavy atom. The van der Waals surface area contributed by atoms with Gasteiger partial charge in [-0.25, -0.2) is 19.0 Å². The normalized spacial score (nSPS) is 12.8. The monoisotopic (exact) mass is 679 g/mol. The second-order valence-corrected chi connectivity index (χ2v) is 11.8. The molecule has 1 saturated carbocycles. The second kappa shape index (κ2) is 14.3. The molecule has 0 aliphatic heterocycles. The Morgan fingerprint density at radius 1 is 0.959 bits per heavy atom. The number of hydrogen-bond acceptors (Lipinski definition) is 5. The molecule has 0 bridgehead atoms. The Labute approximate surface area is 277 Å². The summed E-state index contributed by atoms with van der Waals surface area (Å²) in [6.45, 7) is 2.39. The molecule has 1 amide bonds. The van der Waals surface area contributed by atoms with E-state index in [9.17, 15) is 31.9 Å². The third-order valence-corrected chi connectivity index (χ3v) is 8.19. The number of benzene rings is 3. The predicted octanol–water partition coefficient (Wildman–Crippen LogP) is 5.55. The van der Waals surface area contributed by atoms with Crippen molar-refractivity contribution in [3.05, 3.63) is 128 Å². The number of aliphatic carboxylic acids is 1. The van der Waals surface area contributed by atoms with Gasteiger partial charge in [0.1, 0.15) is 17.2 Å². The smallest absolute Gasteiger partial charge is 0.475 e. The first-order chi connectivity index (χ1) is 23.3. The first-order valence-corrected chi connectivity index (χ1v) is 15.5. The number of alkyl halides is 3. The molecule has 0 unspecified atom stereocenters. The highest BCUT2D eigenvalue weighted by Crippen LogP contribution is 2.30. The van der Waals surface area contributed by atoms with E-state index in [1.54, 1.807) is 34.7 Å². The zero-order valence-corrected chi connectivity index (χ0v) is 26.6. The SMILES string of the molecule is CCc1ccc(C(=O)N(C)c2ccc(Cc3nc4c([nH]3)c(=O)n(Cc3ccccc3F)c(=O)n4CC3CC3)cc2)cc1.O=C(O)C(F)(F)F. The molecule has 14 heteroatoms. The Morgan fingerprint density at radius 2 is 1.57 bits per heavy atom. The van der Waals surface area contributed by atoms with Gasteiger partial charge in [-0.3, -0.25) is 18.7 Å². The average molecular weight is 680 g/mol. The molecule has 49 heavy (non-hydrogen) atoms. The highest BCUT2D eigenvalue weighted by molar-refractivity contribution is 6.05. The molecule has 0 radical (unpaired) electrons. The van der Waals surface area contributed by atoms with Gasteiger partial charge in [-0.15, -0.1) is 0 Å². The van der Waals surface area contributed by atoms with Crippen LogP contribution >= 0.6 is 0 Å². The number of anilines is 1. The van der Waals surface area contributed by atoms with Crippen LogP contribution in [-0.4, -0.2) is 49.3 Å². The first-order valence-electron chi connectivity index (χ1n) is 15.5. The zero-order valence-electron chi connectivity index (χ0n) is 26.6. The molecule has 1 aliphatic rings. The molecule has 6 rings (SSSR count). The third kappa shape index (κ3) is 8.13. The van der Waals surface area contributed by atoms with E-state index in [0.717, 1.165) is 35.1 Å². The fraction of sp³-hybridized carbons (Fsp3) is 0.286. The van der Waals surface area contributed by atoms with Gasteiger partial charge in [-0.05, 0) is 66.6 Å². The van der Waals surface area contributed by atoms with E-state index >= 15 is 0 Å². The minimum absolute atomic E-state index is 0.0945. The number of hydrogen-bond donors (Lipinski definition) is 2. The van der Waals surface area contributed by atoms with Crippen LogP contribution < -0.4 is 16.1 Å². The minimum Gasteiger partial charge on any atom is -0.475 e. The van der Waals surface area contributed by atoms with Gasteiger partial charge < -0.3 is 15.0 Å². The van der Waals surface area contributed by atoms with Crippen LogP contribution in [0.15, 0.2) is 82.4 Å². The van der Waals surface area contributed by atoms with Crippen molar-refractivity contribution >= 4 is 28.7 Å². The van der Waals surface area contributed by atoms with Gasteiger partial charge in [-0.2, -0.15) is 13.2 Å². The number of H-pyrrole nitrogens is 1. The lowest BCUT2D eigenvalue weighted by Gasteiger charge is -2.18. The Bertz CT molecular complexity index is 2100. The molecule has 256 valence electrons. The summed E-state index contributed by atoms with van der Waals surface area (Å²) in [7, 11) is 1.75. The number of aromatic nitrogens is 4. The number of carboxylic acids is 1. The number of rotatable bonds is 9. The van der Waals surface area contributed by atoms with E-state index in [1.807, 2.05) is 48.5 Å². The molecule has 1 aliphatic carbocycles. The minimum atomic E-state index is -5.08. The lowest BCUT2D eigenvalue weighted by molar-refractivity contribution is -0.192. The fourth-order valence-corrected chi connectivity index (χ4v) is 5.18. The number of carbonyl (C=O) groups is 2. The van der Waals surface area contributed by atoms with Crippen LogP contribution in [0.5, 0.6) is 0 Å².